The number of para-hydroxylation sites is 1. The lowest BCUT2D eigenvalue weighted by molar-refractivity contribution is 0.0686. The molecule has 2 aromatic heterocycles. The Bertz CT molecular complexity index is 2120. The molecule has 5 rings (SSSR count). The van der Waals surface area contributed by atoms with Crippen LogP contribution in [-0.2, 0) is 33.5 Å². The first kappa shape index (κ1) is 29.6. The number of benzene rings is 3. The average molecular weight is 622 g/mol. The number of aryl methyl sites for hydroxylation is 1. The number of sulfone groups is 1. The fourth-order valence-electron chi connectivity index (χ4n) is 4.80. The number of carboxylic acid groups (broad SMARTS) is 1. The molecule has 0 aliphatic rings. The summed E-state index contributed by atoms with van der Waals surface area (Å²) in [6.07, 6.45) is 2.33. The smallest absolute Gasteiger partial charge is 0.352 e. The Labute approximate surface area is 247 Å². The van der Waals surface area contributed by atoms with Crippen molar-refractivity contribution < 1.29 is 31.5 Å². The molecule has 43 heavy (non-hydrogen) atoms. The highest BCUT2D eigenvalue weighted by molar-refractivity contribution is 8.08. The third-order valence-electron chi connectivity index (χ3n) is 6.52. The van der Waals surface area contributed by atoms with E-state index in [4.69, 9.17) is 4.74 Å². The number of hydrogen-bond donors (Lipinski definition) is 2. The Morgan fingerprint density at radius 3 is 2.19 bits per heavy atom. The maximum Gasteiger partial charge on any atom is 0.352 e. The van der Waals surface area contributed by atoms with Crippen LogP contribution in [0, 0.1) is 0 Å². The fraction of sp³-hybridized carbons (Fsp3) is 0.133. The summed E-state index contributed by atoms with van der Waals surface area (Å²) in [7, 11) is -6.61. The van der Waals surface area contributed by atoms with Gasteiger partial charge in [-0.15, -0.1) is 0 Å². The minimum absolute atomic E-state index is 0.0447. The first-order valence-electron chi connectivity index (χ1n) is 12.9. The summed E-state index contributed by atoms with van der Waals surface area (Å²) < 4.78 is 59.8. The summed E-state index contributed by atoms with van der Waals surface area (Å²) in [5.41, 5.74) is 1.14. The second-order valence-electron chi connectivity index (χ2n) is 10.0. The van der Waals surface area contributed by atoms with Crippen LogP contribution in [0.1, 0.15) is 16.1 Å². The fourth-order valence-corrected chi connectivity index (χ4v) is 7.77. The number of fused-ring (bicyclic) bond motifs is 1. The van der Waals surface area contributed by atoms with E-state index in [1.165, 1.54) is 46.6 Å². The van der Waals surface area contributed by atoms with E-state index in [-0.39, 0.29) is 29.2 Å². The number of aromatic carboxylic acids is 1. The molecular formula is C30H27N3O8S2. The second kappa shape index (κ2) is 11.4. The van der Waals surface area contributed by atoms with E-state index in [1.807, 2.05) is 36.4 Å². The third-order valence-corrected chi connectivity index (χ3v) is 10.0. The number of pyridine rings is 1. The number of rotatable bonds is 10. The van der Waals surface area contributed by atoms with E-state index in [2.05, 4.69) is 4.72 Å². The number of nitrogens with zero attached hydrogens (tertiary/aromatic N) is 2. The van der Waals surface area contributed by atoms with Gasteiger partial charge >= 0.3 is 5.97 Å². The summed E-state index contributed by atoms with van der Waals surface area (Å²) in [4.78, 5) is 25.9. The van der Waals surface area contributed by atoms with Gasteiger partial charge in [-0.25, -0.2) is 21.6 Å². The van der Waals surface area contributed by atoms with Crippen LogP contribution >= 0.6 is 0 Å². The van der Waals surface area contributed by atoms with Crippen molar-refractivity contribution in [2.24, 2.45) is 7.05 Å². The summed E-state index contributed by atoms with van der Waals surface area (Å²) in [6, 6.07) is 23.7. The largest absolute Gasteiger partial charge is 0.477 e. The first-order chi connectivity index (χ1) is 20.3. The number of nitrogens with one attached hydrogen (secondary N) is 1. The minimum atomic E-state index is -4.28. The molecule has 13 heteroatoms. The van der Waals surface area contributed by atoms with E-state index in [9.17, 15) is 31.5 Å². The van der Waals surface area contributed by atoms with Gasteiger partial charge in [0.1, 0.15) is 22.7 Å². The monoisotopic (exact) mass is 621 g/mol. The van der Waals surface area contributed by atoms with E-state index in [0.29, 0.717) is 22.3 Å². The molecule has 0 saturated heterocycles. The molecule has 2 N–H and O–H groups in total. The van der Waals surface area contributed by atoms with Gasteiger partial charge in [0.15, 0.2) is 14.9 Å². The SMILES string of the molecule is Cn1cc(-c2cc(NS(=O)(=O)CS(C)(=O)=O)ccc2Oc2ccccc2)c2cc(C(=O)O)n(Cc3ccccc3)c2c1=O. The second-order valence-corrected chi connectivity index (χ2v) is 14.2. The molecule has 11 nitrogen and oxygen atoms in total. The van der Waals surface area contributed by atoms with Gasteiger partial charge in [-0.3, -0.25) is 9.52 Å². The van der Waals surface area contributed by atoms with E-state index in [1.54, 1.807) is 24.3 Å². The van der Waals surface area contributed by atoms with Crippen LogP contribution in [-0.4, -0.2) is 48.4 Å². The molecule has 0 aliphatic heterocycles. The standard InChI is InChI=1S/C30H27N3O8S2/c1-32-18-25(24-16-26(30(35)36)33(28(24)29(32)34)17-20-9-5-3-6-10-20)23-15-21(31-43(39,40)19-42(2,37)38)13-14-27(23)41-22-11-7-4-8-12-22/h3-16,18,31H,17,19H2,1-2H3,(H,35,36). The van der Waals surface area contributed by atoms with Gasteiger partial charge in [-0.1, -0.05) is 48.5 Å². The van der Waals surface area contributed by atoms with E-state index < -0.39 is 36.5 Å². The van der Waals surface area contributed by atoms with Crippen LogP contribution in [0.4, 0.5) is 5.69 Å². The highest BCUT2D eigenvalue weighted by Gasteiger charge is 2.24. The first-order valence-corrected chi connectivity index (χ1v) is 16.6. The number of hydrogen-bond acceptors (Lipinski definition) is 7. The highest BCUT2D eigenvalue weighted by Crippen LogP contribution is 2.39. The topological polar surface area (TPSA) is 154 Å². The number of sulfonamides is 1. The molecule has 0 spiro atoms. The number of ether oxygens (including phenoxy) is 1. The lowest BCUT2D eigenvalue weighted by Crippen LogP contribution is -2.22. The van der Waals surface area contributed by atoms with Crippen LogP contribution in [0.15, 0.2) is 95.9 Å². The van der Waals surface area contributed by atoms with Crippen LogP contribution in [0.2, 0.25) is 0 Å². The number of carboxylic acids is 1. The Morgan fingerprint density at radius 2 is 1.56 bits per heavy atom. The van der Waals surface area contributed by atoms with Crippen molar-refractivity contribution in [2.45, 2.75) is 6.54 Å². The molecule has 0 amide bonds. The average Bonchev–Trinajstić information content (AvgIpc) is 3.31. The molecule has 3 aromatic carbocycles. The van der Waals surface area contributed by atoms with Gasteiger partial charge in [-0.2, -0.15) is 0 Å². The van der Waals surface area contributed by atoms with Gasteiger partial charge in [0.25, 0.3) is 5.56 Å². The van der Waals surface area contributed by atoms with Gasteiger partial charge in [-0.05, 0) is 42.0 Å². The lowest BCUT2D eigenvalue weighted by Gasteiger charge is -2.16. The van der Waals surface area contributed by atoms with Gasteiger partial charge in [0, 0.05) is 48.2 Å². The minimum Gasteiger partial charge on any atom is -0.477 e. The highest BCUT2D eigenvalue weighted by atomic mass is 32.3. The van der Waals surface area contributed by atoms with Crippen molar-refractivity contribution in [1.29, 1.82) is 0 Å². The molecule has 0 atom stereocenters. The van der Waals surface area contributed by atoms with Gasteiger partial charge in [0.2, 0.25) is 10.0 Å². The van der Waals surface area contributed by atoms with Gasteiger partial charge < -0.3 is 19.0 Å². The molecule has 2 heterocycles. The van der Waals surface area contributed by atoms with Crippen molar-refractivity contribution in [2.75, 3.05) is 16.1 Å². The molecule has 222 valence electrons. The van der Waals surface area contributed by atoms with Crippen molar-refractivity contribution in [3.05, 3.63) is 113 Å². The van der Waals surface area contributed by atoms with Crippen LogP contribution in [0.3, 0.4) is 0 Å². The maximum absolute atomic E-state index is 13.5. The summed E-state index contributed by atoms with van der Waals surface area (Å²) in [6.45, 7) is 0.114. The molecule has 0 unspecified atom stereocenters. The number of carbonyl (C=O) groups is 1. The predicted octanol–water partition coefficient (Wildman–Crippen LogP) is 4.29. The zero-order chi connectivity index (χ0) is 30.9. The summed E-state index contributed by atoms with van der Waals surface area (Å²) in [5, 5.41) is 9.29. The summed E-state index contributed by atoms with van der Waals surface area (Å²) >= 11 is 0. The number of anilines is 1. The molecule has 0 aliphatic carbocycles. The molecule has 5 aromatic rings. The summed E-state index contributed by atoms with van der Waals surface area (Å²) in [5.74, 6) is -0.476. The van der Waals surface area contributed by atoms with Crippen molar-refractivity contribution >= 4 is 42.4 Å². The van der Waals surface area contributed by atoms with Crippen molar-refractivity contribution in [3.8, 4) is 22.6 Å². The molecule has 0 radical (unpaired) electrons. The Balaban J connectivity index is 1.75. The Kier molecular flexibility index (Phi) is 7.86. The number of aromatic nitrogens is 2. The van der Waals surface area contributed by atoms with Crippen molar-refractivity contribution in [3.63, 3.8) is 0 Å². The van der Waals surface area contributed by atoms with E-state index in [0.717, 1.165) is 11.8 Å². The van der Waals surface area contributed by atoms with E-state index >= 15 is 0 Å². The van der Waals surface area contributed by atoms with Crippen LogP contribution in [0.5, 0.6) is 11.5 Å². The van der Waals surface area contributed by atoms with Crippen molar-refractivity contribution in [1.82, 2.24) is 9.13 Å². The Hall–Kier alpha value is -4.88. The normalized spacial score (nSPS) is 11.9. The molecule has 0 fully saturated rings. The predicted molar refractivity (Wildman–Crippen MR) is 164 cm³/mol. The molecule has 0 saturated carbocycles. The zero-order valence-electron chi connectivity index (χ0n) is 23.1. The van der Waals surface area contributed by atoms with Crippen LogP contribution < -0.4 is 15.0 Å². The zero-order valence-corrected chi connectivity index (χ0v) is 24.7. The molecule has 0 bridgehead atoms. The quantitative estimate of drug-likeness (QED) is 0.234. The lowest BCUT2D eigenvalue weighted by atomic mass is 10.0. The Morgan fingerprint density at radius 1 is 0.907 bits per heavy atom. The maximum atomic E-state index is 13.5. The van der Waals surface area contributed by atoms with Crippen LogP contribution in [0.25, 0.3) is 22.0 Å². The molecular weight excluding hydrogens is 594 g/mol. The van der Waals surface area contributed by atoms with Gasteiger partial charge in [0.05, 0.1) is 0 Å². The third kappa shape index (κ3) is 6.63.